The summed E-state index contributed by atoms with van der Waals surface area (Å²) in [6.45, 7) is 5.83. The lowest BCUT2D eigenvalue weighted by molar-refractivity contribution is 0.353. The molecule has 12 heavy (non-hydrogen) atoms. The van der Waals surface area contributed by atoms with Gasteiger partial charge in [-0.2, -0.15) is 0 Å². The summed E-state index contributed by atoms with van der Waals surface area (Å²) >= 11 is 0. The number of hydrogen-bond donors (Lipinski definition) is 0. The van der Waals surface area contributed by atoms with Crippen LogP contribution in [-0.2, 0) is 0 Å². The normalized spacial score (nSPS) is 9.67. The predicted molar refractivity (Wildman–Crippen MR) is 48.7 cm³/mol. The third-order valence-electron chi connectivity index (χ3n) is 1.91. The Morgan fingerprint density at radius 1 is 1.17 bits per heavy atom. The van der Waals surface area contributed by atoms with E-state index in [-0.39, 0.29) is 0 Å². The Hall–Kier alpha value is -1.18. The molecule has 0 spiro atoms. The topological polar surface area (TPSA) is 18.5 Å². The second kappa shape index (κ2) is 3.48. The van der Waals surface area contributed by atoms with Crippen LogP contribution in [-0.4, -0.2) is 14.2 Å². The molecule has 0 fully saturated rings. The fourth-order valence-corrected chi connectivity index (χ4v) is 1.12. The Labute approximate surface area is 73.1 Å². The summed E-state index contributed by atoms with van der Waals surface area (Å²) in [7, 11) is 3.25. The minimum atomic E-state index is 0.752. The van der Waals surface area contributed by atoms with Gasteiger partial charge in [-0.15, -0.1) is 0 Å². The minimum absolute atomic E-state index is 0.752. The van der Waals surface area contributed by atoms with Crippen LogP contribution in [0, 0.1) is 13.8 Å². The summed E-state index contributed by atoms with van der Waals surface area (Å²) in [6, 6.07) is 3.77. The second-order valence-electron chi connectivity index (χ2n) is 2.59. The largest absolute Gasteiger partial charge is 0.493 e. The molecule has 1 aromatic rings. The summed E-state index contributed by atoms with van der Waals surface area (Å²) in [4.78, 5) is 0. The van der Waals surface area contributed by atoms with E-state index in [1.807, 2.05) is 19.1 Å². The van der Waals surface area contributed by atoms with Crippen molar-refractivity contribution in [1.29, 1.82) is 0 Å². The van der Waals surface area contributed by atoms with Gasteiger partial charge in [0.15, 0.2) is 11.5 Å². The molecule has 0 aromatic heterocycles. The number of hydrogen-bond acceptors (Lipinski definition) is 2. The third-order valence-corrected chi connectivity index (χ3v) is 1.91. The molecule has 0 N–H and O–H groups in total. The quantitative estimate of drug-likeness (QED) is 0.668. The average molecular weight is 165 g/mol. The van der Waals surface area contributed by atoms with E-state index in [4.69, 9.17) is 9.47 Å². The average Bonchev–Trinajstić information content (AvgIpc) is 2.09. The highest BCUT2D eigenvalue weighted by molar-refractivity contribution is 5.50. The van der Waals surface area contributed by atoms with Crippen LogP contribution >= 0.6 is 0 Å². The number of benzene rings is 1. The molecule has 0 bridgehead atoms. The monoisotopic (exact) mass is 165 g/mol. The zero-order chi connectivity index (χ0) is 9.14. The van der Waals surface area contributed by atoms with Gasteiger partial charge in [0, 0.05) is 0 Å². The van der Waals surface area contributed by atoms with E-state index in [9.17, 15) is 0 Å². The molecule has 0 aliphatic heterocycles. The van der Waals surface area contributed by atoms with Crippen molar-refractivity contribution in [2.45, 2.75) is 6.92 Å². The fraction of sp³-hybridized carbons (Fsp3) is 0.300. The Kier molecular flexibility index (Phi) is 2.58. The zero-order valence-corrected chi connectivity index (χ0v) is 7.68. The van der Waals surface area contributed by atoms with Crippen molar-refractivity contribution in [2.75, 3.05) is 14.2 Å². The molecular formula is C10H13O2. The Morgan fingerprint density at radius 2 is 1.83 bits per heavy atom. The molecule has 0 aliphatic carbocycles. The molecule has 2 nitrogen and oxygen atoms in total. The van der Waals surface area contributed by atoms with Crippen LogP contribution in [0.15, 0.2) is 12.1 Å². The highest BCUT2D eigenvalue weighted by Crippen LogP contribution is 2.31. The van der Waals surface area contributed by atoms with Crippen LogP contribution in [0.1, 0.15) is 11.1 Å². The smallest absolute Gasteiger partial charge is 0.163 e. The van der Waals surface area contributed by atoms with Crippen molar-refractivity contribution in [1.82, 2.24) is 0 Å². The van der Waals surface area contributed by atoms with Crippen LogP contribution in [0.3, 0.4) is 0 Å². The molecule has 0 saturated heterocycles. The van der Waals surface area contributed by atoms with Crippen LogP contribution in [0.25, 0.3) is 0 Å². The molecular weight excluding hydrogens is 152 g/mol. The van der Waals surface area contributed by atoms with E-state index >= 15 is 0 Å². The molecule has 0 unspecified atom stereocenters. The van der Waals surface area contributed by atoms with Crippen molar-refractivity contribution in [2.24, 2.45) is 0 Å². The van der Waals surface area contributed by atoms with Gasteiger partial charge >= 0.3 is 0 Å². The van der Waals surface area contributed by atoms with Gasteiger partial charge in [0.1, 0.15) is 0 Å². The van der Waals surface area contributed by atoms with Crippen LogP contribution < -0.4 is 9.47 Å². The molecule has 0 saturated carbocycles. The third kappa shape index (κ3) is 1.37. The lowest BCUT2D eigenvalue weighted by Crippen LogP contribution is -1.94. The summed E-state index contributed by atoms with van der Waals surface area (Å²) in [5.41, 5.74) is 1.99. The molecule has 0 heterocycles. The maximum Gasteiger partial charge on any atom is 0.163 e. The zero-order valence-electron chi connectivity index (χ0n) is 7.68. The van der Waals surface area contributed by atoms with Gasteiger partial charge in [-0.25, -0.2) is 0 Å². The number of rotatable bonds is 2. The van der Waals surface area contributed by atoms with Crippen molar-refractivity contribution >= 4 is 0 Å². The summed E-state index contributed by atoms with van der Waals surface area (Å²) in [5.74, 6) is 1.52. The highest BCUT2D eigenvalue weighted by Gasteiger charge is 2.07. The maximum atomic E-state index is 5.18. The van der Waals surface area contributed by atoms with E-state index in [2.05, 4.69) is 6.92 Å². The van der Waals surface area contributed by atoms with Gasteiger partial charge in [-0.1, -0.05) is 6.07 Å². The lowest BCUT2D eigenvalue weighted by Gasteiger charge is -2.11. The second-order valence-corrected chi connectivity index (χ2v) is 2.59. The summed E-state index contributed by atoms with van der Waals surface area (Å²) < 4.78 is 10.3. The van der Waals surface area contributed by atoms with Gasteiger partial charge < -0.3 is 9.47 Å². The van der Waals surface area contributed by atoms with Gasteiger partial charge in [0.05, 0.1) is 14.2 Å². The van der Waals surface area contributed by atoms with Crippen LogP contribution in [0.4, 0.5) is 0 Å². The van der Waals surface area contributed by atoms with E-state index in [1.54, 1.807) is 14.2 Å². The number of ether oxygens (including phenoxy) is 2. The SMILES string of the molecule is [CH2]c1ccc(OC)c(OC)c1C. The molecule has 1 aromatic carbocycles. The van der Waals surface area contributed by atoms with Gasteiger partial charge in [0.2, 0.25) is 0 Å². The highest BCUT2D eigenvalue weighted by atomic mass is 16.5. The molecule has 0 amide bonds. The Morgan fingerprint density at radius 3 is 2.33 bits per heavy atom. The van der Waals surface area contributed by atoms with Crippen molar-refractivity contribution in [3.05, 3.63) is 30.2 Å². The van der Waals surface area contributed by atoms with Crippen molar-refractivity contribution in [3.63, 3.8) is 0 Å². The van der Waals surface area contributed by atoms with E-state index in [0.717, 1.165) is 22.6 Å². The van der Waals surface area contributed by atoms with Gasteiger partial charge in [0.25, 0.3) is 0 Å². The van der Waals surface area contributed by atoms with E-state index in [0.29, 0.717) is 0 Å². The first-order valence-corrected chi connectivity index (χ1v) is 3.74. The van der Waals surface area contributed by atoms with Gasteiger partial charge in [-0.05, 0) is 31.0 Å². The first kappa shape index (κ1) is 8.91. The lowest BCUT2D eigenvalue weighted by atomic mass is 10.1. The molecule has 2 heteroatoms. The summed E-state index contributed by atoms with van der Waals surface area (Å²) in [6.07, 6.45) is 0. The maximum absolute atomic E-state index is 5.18. The Bertz CT molecular complexity index is 279. The van der Waals surface area contributed by atoms with Crippen LogP contribution in [0.5, 0.6) is 11.5 Å². The van der Waals surface area contributed by atoms with Crippen molar-refractivity contribution < 1.29 is 9.47 Å². The fourth-order valence-electron chi connectivity index (χ4n) is 1.12. The molecule has 1 rings (SSSR count). The summed E-state index contributed by atoms with van der Waals surface area (Å²) in [5, 5.41) is 0. The first-order chi connectivity index (χ1) is 5.70. The van der Waals surface area contributed by atoms with Crippen molar-refractivity contribution in [3.8, 4) is 11.5 Å². The molecule has 0 atom stereocenters. The molecule has 65 valence electrons. The molecule has 1 radical (unpaired) electrons. The van der Waals surface area contributed by atoms with Gasteiger partial charge in [-0.3, -0.25) is 0 Å². The first-order valence-electron chi connectivity index (χ1n) is 3.74. The predicted octanol–water partition coefficient (Wildman–Crippen LogP) is 2.19. The van der Waals surface area contributed by atoms with E-state index in [1.165, 1.54) is 0 Å². The van der Waals surface area contributed by atoms with Crippen LogP contribution in [0.2, 0.25) is 0 Å². The standard InChI is InChI=1S/C10H13O2/c1-7-5-6-9(11-3)10(12-4)8(7)2/h5-6H,1H2,2-4H3. The Balaban J connectivity index is 3.25. The van der Waals surface area contributed by atoms with E-state index < -0.39 is 0 Å². The minimum Gasteiger partial charge on any atom is -0.493 e. The number of methoxy groups -OCH3 is 2. The molecule has 0 aliphatic rings.